The molecule has 1 N–H and O–H groups in total. The van der Waals surface area contributed by atoms with Gasteiger partial charge in [0.15, 0.2) is 0 Å². The Labute approximate surface area is 123 Å². The van der Waals surface area contributed by atoms with Crippen molar-refractivity contribution in [3.63, 3.8) is 0 Å². The van der Waals surface area contributed by atoms with Crippen LogP contribution in [0.2, 0.25) is 0 Å². The topological polar surface area (TPSA) is 55.9 Å². The Bertz CT molecular complexity index is 385. The predicted molar refractivity (Wildman–Crippen MR) is 81.4 cm³/mol. The van der Waals surface area contributed by atoms with E-state index in [1.807, 2.05) is 0 Å². The zero-order valence-corrected chi connectivity index (χ0v) is 13.5. The van der Waals surface area contributed by atoms with Gasteiger partial charge in [-0.3, -0.25) is 4.90 Å². The van der Waals surface area contributed by atoms with Gasteiger partial charge in [0.05, 0.1) is 5.25 Å². The third-order valence-corrected chi connectivity index (χ3v) is 6.66. The summed E-state index contributed by atoms with van der Waals surface area (Å²) in [6.07, 6.45) is 1.51. The fourth-order valence-corrected chi connectivity index (χ4v) is 4.78. The van der Waals surface area contributed by atoms with Gasteiger partial charge in [-0.05, 0) is 40.0 Å². The summed E-state index contributed by atoms with van der Waals surface area (Å²) in [6.45, 7) is 6.73. The number of likely N-dealkylation sites (N-methyl/N-ethyl adjacent to an activating group) is 1. The van der Waals surface area contributed by atoms with Crippen LogP contribution in [0, 0.1) is 0 Å². The van der Waals surface area contributed by atoms with Gasteiger partial charge in [0.25, 0.3) is 0 Å². The highest BCUT2D eigenvalue weighted by molar-refractivity contribution is 7.89. The molecule has 2 fully saturated rings. The average molecular weight is 304 g/mol. The number of rotatable bonds is 5. The Morgan fingerprint density at radius 1 is 1.10 bits per heavy atom. The van der Waals surface area contributed by atoms with Crippen LogP contribution in [-0.4, -0.2) is 94.2 Å². The maximum absolute atomic E-state index is 12.6. The van der Waals surface area contributed by atoms with Crippen LogP contribution in [0.15, 0.2) is 0 Å². The fourth-order valence-electron chi connectivity index (χ4n) is 2.85. The molecule has 118 valence electrons. The van der Waals surface area contributed by atoms with Crippen LogP contribution in [0.1, 0.15) is 12.8 Å². The van der Waals surface area contributed by atoms with E-state index in [0.717, 1.165) is 52.1 Å². The lowest BCUT2D eigenvalue weighted by atomic mass is 10.2. The molecule has 0 saturated carbocycles. The molecule has 7 heteroatoms. The summed E-state index contributed by atoms with van der Waals surface area (Å²) in [7, 11) is 1.05. The van der Waals surface area contributed by atoms with Crippen LogP contribution in [-0.2, 0) is 10.0 Å². The minimum Gasteiger partial charge on any atom is -0.317 e. The van der Waals surface area contributed by atoms with Crippen molar-refractivity contribution >= 4 is 10.0 Å². The van der Waals surface area contributed by atoms with Gasteiger partial charge in [-0.25, -0.2) is 8.42 Å². The van der Waals surface area contributed by atoms with Crippen LogP contribution in [0.4, 0.5) is 0 Å². The van der Waals surface area contributed by atoms with Crippen LogP contribution in [0.25, 0.3) is 0 Å². The summed E-state index contributed by atoms with van der Waals surface area (Å²) in [5.74, 6) is 0. The molecule has 0 aromatic carbocycles. The fraction of sp³-hybridized carbons (Fsp3) is 1.00. The highest BCUT2D eigenvalue weighted by Crippen LogP contribution is 2.19. The first-order valence-electron chi connectivity index (χ1n) is 7.57. The Hall–Kier alpha value is -0.210. The molecule has 0 aliphatic carbocycles. The number of nitrogens with zero attached hydrogens (tertiary/aromatic N) is 3. The standard InChI is InChI=1S/C13H28N4O2S/c1-15(2)7-8-16-9-11-17(12-10-16)20(18,19)13-3-5-14-6-4-13/h13-14H,3-12H2,1-2H3. The van der Waals surface area contributed by atoms with Crippen molar-refractivity contribution in [2.45, 2.75) is 18.1 Å². The summed E-state index contributed by atoms with van der Waals surface area (Å²) in [5.41, 5.74) is 0. The molecule has 6 nitrogen and oxygen atoms in total. The van der Waals surface area contributed by atoms with Crippen LogP contribution in [0.5, 0.6) is 0 Å². The summed E-state index contributed by atoms with van der Waals surface area (Å²) >= 11 is 0. The van der Waals surface area contributed by atoms with E-state index in [4.69, 9.17) is 0 Å². The second-order valence-corrected chi connectivity index (χ2v) is 8.25. The number of hydrogen-bond donors (Lipinski definition) is 1. The third kappa shape index (κ3) is 4.14. The van der Waals surface area contributed by atoms with Gasteiger partial charge >= 0.3 is 0 Å². The van der Waals surface area contributed by atoms with Crippen molar-refractivity contribution in [3.05, 3.63) is 0 Å². The lowest BCUT2D eigenvalue weighted by Gasteiger charge is -2.37. The first-order valence-corrected chi connectivity index (χ1v) is 9.07. The summed E-state index contributed by atoms with van der Waals surface area (Å²) in [5, 5.41) is 3.06. The molecule has 0 amide bonds. The molecule has 0 aromatic heterocycles. The molecule has 2 aliphatic heterocycles. The minimum atomic E-state index is -3.08. The van der Waals surface area contributed by atoms with Gasteiger partial charge in [0, 0.05) is 39.3 Å². The van der Waals surface area contributed by atoms with Crippen LogP contribution in [0.3, 0.4) is 0 Å². The van der Waals surface area contributed by atoms with E-state index >= 15 is 0 Å². The Balaban J connectivity index is 1.83. The molecule has 0 bridgehead atoms. The van der Waals surface area contributed by atoms with E-state index in [1.54, 1.807) is 4.31 Å². The molecule has 0 radical (unpaired) electrons. The Morgan fingerprint density at radius 3 is 2.25 bits per heavy atom. The zero-order valence-electron chi connectivity index (χ0n) is 12.7. The van der Waals surface area contributed by atoms with E-state index in [-0.39, 0.29) is 5.25 Å². The lowest BCUT2D eigenvalue weighted by Crippen LogP contribution is -2.53. The first-order chi connectivity index (χ1) is 9.50. The SMILES string of the molecule is CN(C)CCN1CCN(S(=O)(=O)C2CCNCC2)CC1. The molecule has 0 atom stereocenters. The molecule has 20 heavy (non-hydrogen) atoms. The highest BCUT2D eigenvalue weighted by Gasteiger charge is 2.34. The van der Waals surface area contributed by atoms with Crippen molar-refractivity contribution < 1.29 is 8.42 Å². The van der Waals surface area contributed by atoms with Gasteiger partial charge < -0.3 is 10.2 Å². The van der Waals surface area contributed by atoms with Gasteiger partial charge in [0.1, 0.15) is 0 Å². The molecule has 2 rings (SSSR count). The largest absolute Gasteiger partial charge is 0.317 e. The summed E-state index contributed by atoms with van der Waals surface area (Å²) in [6, 6.07) is 0. The molecule has 2 saturated heterocycles. The van der Waals surface area contributed by atoms with Crippen molar-refractivity contribution in [2.24, 2.45) is 0 Å². The summed E-state index contributed by atoms with van der Waals surface area (Å²) < 4.78 is 26.9. The van der Waals surface area contributed by atoms with Gasteiger partial charge in [-0.2, -0.15) is 4.31 Å². The number of piperazine rings is 1. The molecular weight excluding hydrogens is 276 g/mol. The van der Waals surface area contributed by atoms with Crippen molar-refractivity contribution in [2.75, 3.05) is 66.5 Å². The van der Waals surface area contributed by atoms with Crippen LogP contribution >= 0.6 is 0 Å². The lowest BCUT2D eigenvalue weighted by molar-refractivity contribution is 0.173. The van der Waals surface area contributed by atoms with Gasteiger partial charge in [-0.1, -0.05) is 0 Å². The maximum Gasteiger partial charge on any atom is 0.217 e. The van der Waals surface area contributed by atoms with Gasteiger partial charge in [-0.15, -0.1) is 0 Å². The van der Waals surface area contributed by atoms with E-state index in [9.17, 15) is 8.42 Å². The van der Waals surface area contributed by atoms with Crippen molar-refractivity contribution in [1.82, 2.24) is 19.4 Å². The Morgan fingerprint density at radius 2 is 1.70 bits per heavy atom. The quantitative estimate of drug-likeness (QED) is 0.724. The number of hydrogen-bond acceptors (Lipinski definition) is 5. The van der Waals surface area contributed by atoms with Crippen molar-refractivity contribution in [3.8, 4) is 0 Å². The minimum absolute atomic E-state index is 0.169. The summed E-state index contributed by atoms with van der Waals surface area (Å²) in [4.78, 5) is 4.52. The number of nitrogens with one attached hydrogen (secondary N) is 1. The smallest absolute Gasteiger partial charge is 0.217 e. The van der Waals surface area contributed by atoms with Gasteiger partial charge in [0.2, 0.25) is 10.0 Å². The maximum atomic E-state index is 12.6. The van der Waals surface area contributed by atoms with Crippen LogP contribution < -0.4 is 5.32 Å². The average Bonchev–Trinajstić information content (AvgIpc) is 2.46. The van der Waals surface area contributed by atoms with E-state index < -0.39 is 10.0 Å². The molecule has 2 aliphatic rings. The Kier molecular flexibility index (Phi) is 5.80. The second kappa shape index (κ2) is 7.17. The molecule has 0 spiro atoms. The molecule has 0 aromatic rings. The van der Waals surface area contributed by atoms with E-state index in [1.165, 1.54) is 0 Å². The van der Waals surface area contributed by atoms with E-state index in [2.05, 4.69) is 29.2 Å². The predicted octanol–water partition coefficient (Wildman–Crippen LogP) is -0.753. The number of piperidine rings is 1. The molecule has 0 unspecified atom stereocenters. The van der Waals surface area contributed by atoms with E-state index in [0.29, 0.717) is 13.1 Å². The highest BCUT2D eigenvalue weighted by atomic mass is 32.2. The molecule has 2 heterocycles. The molecular formula is C13H28N4O2S. The third-order valence-electron chi connectivity index (χ3n) is 4.26. The number of sulfonamides is 1. The second-order valence-electron chi connectivity index (χ2n) is 6.04. The first kappa shape index (κ1) is 16.2. The zero-order chi connectivity index (χ0) is 14.6. The van der Waals surface area contributed by atoms with Crippen molar-refractivity contribution in [1.29, 1.82) is 0 Å². The normalized spacial score (nSPS) is 24.4. The monoisotopic (exact) mass is 304 g/mol.